The lowest BCUT2D eigenvalue weighted by molar-refractivity contribution is 1.03. The van der Waals surface area contributed by atoms with Gasteiger partial charge in [0.1, 0.15) is 16.2 Å². The molecular formula is C12H12N4S2. The summed E-state index contributed by atoms with van der Waals surface area (Å²) in [4.78, 5) is 11.1. The summed E-state index contributed by atoms with van der Waals surface area (Å²) in [6.45, 7) is 2.16. The summed E-state index contributed by atoms with van der Waals surface area (Å²) >= 11 is 3.47. The van der Waals surface area contributed by atoms with Gasteiger partial charge in [-0.15, -0.1) is 11.3 Å². The molecule has 0 saturated heterocycles. The third-order valence-electron chi connectivity index (χ3n) is 2.62. The van der Waals surface area contributed by atoms with E-state index in [-0.39, 0.29) is 0 Å². The number of rotatable bonds is 4. The number of aryl methyl sites for hydroxylation is 1. The molecule has 0 aliphatic heterocycles. The topological polar surface area (TPSA) is 54.5 Å². The van der Waals surface area contributed by atoms with Crippen molar-refractivity contribution in [3.63, 3.8) is 0 Å². The van der Waals surface area contributed by atoms with Crippen molar-refractivity contribution < 1.29 is 0 Å². The molecule has 0 aliphatic carbocycles. The average molecular weight is 276 g/mol. The fourth-order valence-corrected chi connectivity index (χ4v) is 3.57. The molecule has 0 fully saturated rings. The summed E-state index contributed by atoms with van der Waals surface area (Å²) in [7, 11) is 0. The minimum atomic E-state index is 0.851. The van der Waals surface area contributed by atoms with Crippen molar-refractivity contribution in [1.29, 1.82) is 0 Å². The molecule has 0 radical (unpaired) electrons. The van der Waals surface area contributed by atoms with Crippen LogP contribution in [0.5, 0.6) is 0 Å². The predicted molar refractivity (Wildman–Crippen MR) is 74.9 cm³/mol. The molecule has 4 nitrogen and oxygen atoms in total. The van der Waals surface area contributed by atoms with Gasteiger partial charge in [-0.2, -0.15) is 5.10 Å². The van der Waals surface area contributed by atoms with Crippen molar-refractivity contribution in [2.24, 2.45) is 0 Å². The van der Waals surface area contributed by atoms with Crippen LogP contribution >= 0.6 is 23.1 Å². The minimum Gasteiger partial charge on any atom is -0.282 e. The van der Waals surface area contributed by atoms with E-state index in [0.29, 0.717) is 0 Å². The van der Waals surface area contributed by atoms with Gasteiger partial charge in [0.2, 0.25) is 0 Å². The van der Waals surface area contributed by atoms with Crippen molar-refractivity contribution >= 4 is 33.3 Å². The highest BCUT2D eigenvalue weighted by Gasteiger charge is 2.08. The monoisotopic (exact) mass is 276 g/mol. The first-order valence-electron chi connectivity index (χ1n) is 5.71. The highest BCUT2D eigenvalue weighted by molar-refractivity contribution is 7.98. The lowest BCUT2D eigenvalue weighted by Crippen LogP contribution is -1.85. The van der Waals surface area contributed by atoms with Crippen LogP contribution in [-0.4, -0.2) is 20.2 Å². The Morgan fingerprint density at radius 3 is 3.11 bits per heavy atom. The third kappa shape index (κ3) is 2.26. The van der Waals surface area contributed by atoms with Crippen LogP contribution in [-0.2, 0) is 12.2 Å². The molecule has 6 heteroatoms. The van der Waals surface area contributed by atoms with E-state index >= 15 is 0 Å². The second kappa shape index (κ2) is 5.07. The summed E-state index contributed by atoms with van der Waals surface area (Å²) in [6.07, 6.45) is 4.46. The van der Waals surface area contributed by atoms with Crippen molar-refractivity contribution in [1.82, 2.24) is 20.2 Å². The quantitative estimate of drug-likeness (QED) is 0.587. The van der Waals surface area contributed by atoms with Crippen LogP contribution in [0.1, 0.15) is 17.5 Å². The van der Waals surface area contributed by atoms with Crippen molar-refractivity contribution in [2.45, 2.75) is 24.1 Å². The van der Waals surface area contributed by atoms with Crippen LogP contribution in [0, 0.1) is 0 Å². The Labute approximate surface area is 113 Å². The molecule has 0 unspecified atom stereocenters. The van der Waals surface area contributed by atoms with Gasteiger partial charge < -0.3 is 0 Å². The average Bonchev–Trinajstić information content (AvgIpc) is 3.04. The molecule has 3 aromatic rings. The molecule has 0 amide bonds. The van der Waals surface area contributed by atoms with Crippen LogP contribution in [0.4, 0.5) is 0 Å². The molecule has 0 atom stereocenters. The van der Waals surface area contributed by atoms with Crippen LogP contribution in [0.25, 0.3) is 10.2 Å². The summed E-state index contributed by atoms with van der Waals surface area (Å²) < 4.78 is 0. The van der Waals surface area contributed by atoms with E-state index in [1.54, 1.807) is 35.6 Å². The largest absolute Gasteiger partial charge is 0.282 e. The summed E-state index contributed by atoms with van der Waals surface area (Å²) in [5.74, 6) is 0.851. The van der Waals surface area contributed by atoms with E-state index in [1.807, 2.05) is 6.07 Å². The van der Waals surface area contributed by atoms with E-state index in [4.69, 9.17) is 0 Å². The number of thioether (sulfide) groups is 1. The normalized spacial score (nSPS) is 11.2. The maximum absolute atomic E-state index is 4.38. The first-order chi connectivity index (χ1) is 8.86. The number of hydrogen-bond acceptors (Lipinski definition) is 5. The summed E-state index contributed by atoms with van der Waals surface area (Å²) in [6, 6.07) is 4.19. The van der Waals surface area contributed by atoms with Crippen molar-refractivity contribution in [3.05, 3.63) is 35.2 Å². The highest BCUT2D eigenvalue weighted by atomic mass is 32.2. The molecule has 92 valence electrons. The van der Waals surface area contributed by atoms with Gasteiger partial charge in [-0.05, 0) is 18.6 Å². The maximum atomic E-state index is 4.38. The second-order valence-corrected chi connectivity index (χ2v) is 5.91. The van der Waals surface area contributed by atoms with Gasteiger partial charge >= 0.3 is 0 Å². The van der Waals surface area contributed by atoms with Crippen LogP contribution in [0.2, 0.25) is 0 Å². The van der Waals surface area contributed by atoms with Crippen molar-refractivity contribution in [3.8, 4) is 0 Å². The summed E-state index contributed by atoms with van der Waals surface area (Å²) in [5, 5.41) is 9.12. The highest BCUT2D eigenvalue weighted by Crippen LogP contribution is 2.32. The number of aromatic amines is 1. The maximum Gasteiger partial charge on any atom is 0.128 e. The molecule has 0 spiro atoms. The molecule has 0 bridgehead atoms. The number of H-pyrrole nitrogens is 1. The molecule has 3 aromatic heterocycles. The van der Waals surface area contributed by atoms with Gasteiger partial charge in [0.25, 0.3) is 0 Å². The van der Waals surface area contributed by atoms with Gasteiger partial charge in [0.15, 0.2) is 0 Å². The first kappa shape index (κ1) is 11.7. The van der Waals surface area contributed by atoms with E-state index < -0.39 is 0 Å². The molecule has 0 aromatic carbocycles. The smallest absolute Gasteiger partial charge is 0.128 e. The number of nitrogens with zero attached hydrogens (tertiary/aromatic N) is 3. The number of aromatic nitrogens is 4. The van der Waals surface area contributed by atoms with E-state index in [2.05, 4.69) is 33.2 Å². The lowest BCUT2D eigenvalue weighted by atomic mass is 10.3. The van der Waals surface area contributed by atoms with Gasteiger partial charge in [-0.25, -0.2) is 9.97 Å². The summed E-state index contributed by atoms with van der Waals surface area (Å²) in [5.41, 5.74) is 1.11. The zero-order valence-electron chi connectivity index (χ0n) is 9.88. The molecular weight excluding hydrogens is 264 g/mol. The molecule has 3 rings (SSSR count). The van der Waals surface area contributed by atoms with E-state index in [0.717, 1.165) is 27.7 Å². The predicted octanol–water partition coefficient (Wildman–Crippen LogP) is 3.27. The number of fused-ring (bicyclic) bond motifs is 1. The lowest BCUT2D eigenvalue weighted by Gasteiger charge is -1.99. The Hall–Kier alpha value is -1.40. The van der Waals surface area contributed by atoms with Crippen molar-refractivity contribution in [2.75, 3.05) is 0 Å². The zero-order valence-corrected chi connectivity index (χ0v) is 11.5. The van der Waals surface area contributed by atoms with E-state index in [9.17, 15) is 0 Å². The number of nitrogens with one attached hydrogen (secondary N) is 1. The number of thiophene rings is 1. The van der Waals surface area contributed by atoms with Gasteiger partial charge in [-0.1, -0.05) is 18.7 Å². The molecule has 18 heavy (non-hydrogen) atoms. The molecule has 0 saturated carbocycles. The fraction of sp³-hybridized carbons (Fsp3) is 0.250. The van der Waals surface area contributed by atoms with Crippen LogP contribution in [0.15, 0.2) is 29.7 Å². The Bertz CT molecular complexity index is 645. The second-order valence-electron chi connectivity index (χ2n) is 3.83. The van der Waals surface area contributed by atoms with Gasteiger partial charge in [-0.3, -0.25) is 5.10 Å². The third-order valence-corrected chi connectivity index (χ3v) is 4.86. The molecule has 1 N–H and O–H groups in total. The first-order valence-corrected chi connectivity index (χ1v) is 7.51. The van der Waals surface area contributed by atoms with Crippen LogP contribution in [0.3, 0.4) is 0 Å². The van der Waals surface area contributed by atoms with E-state index in [1.165, 1.54) is 10.3 Å². The standard InChI is InChI=1S/C12H12N4S2/c1-2-9-5-10-11(13-7-14-12(10)18-9)17-6-8-3-4-15-16-8/h3-5,7H,2,6H2,1H3,(H,15,16). The fourth-order valence-electron chi connectivity index (χ4n) is 1.68. The van der Waals surface area contributed by atoms with Gasteiger partial charge in [0, 0.05) is 27.9 Å². The Kier molecular flexibility index (Phi) is 3.29. The Morgan fingerprint density at radius 1 is 1.39 bits per heavy atom. The molecule has 0 aliphatic rings. The Balaban J connectivity index is 1.89. The number of hydrogen-bond donors (Lipinski definition) is 1. The van der Waals surface area contributed by atoms with Gasteiger partial charge in [0.05, 0.1) is 0 Å². The SMILES string of the molecule is CCc1cc2c(SCc3ccn[nH]3)ncnc2s1. The van der Waals surface area contributed by atoms with Crippen LogP contribution < -0.4 is 0 Å². The Morgan fingerprint density at radius 2 is 2.33 bits per heavy atom. The molecule has 3 heterocycles. The zero-order chi connectivity index (χ0) is 12.4. The minimum absolute atomic E-state index is 0.851.